The molecule has 0 bridgehead atoms. The molecule has 1 saturated carbocycles. The van der Waals surface area contributed by atoms with Gasteiger partial charge >= 0.3 is 0 Å². The lowest BCUT2D eigenvalue weighted by Gasteiger charge is -2.45. The molecule has 2 aromatic carbocycles. The maximum absolute atomic E-state index is 13.4. The molecule has 1 saturated heterocycles. The molecular weight excluding hydrogens is 425 g/mol. The summed E-state index contributed by atoms with van der Waals surface area (Å²) in [6.07, 6.45) is -0.0137. The largest absolute Gasteiger partial charge is 0.394 e. The minimum Gasteiger partial charge on any atom is -0.394 e. The van der Waals surface area contributed by atoms with Crippen LogP contribution < -0.4 is 0 Å². The number of amides is 1. The molecule has 2 N–H and O–H groups in total. The number of hydrogen-bond acceptors (Lipinski definition) is 4. The lowest BCUT2D eigenvalue weighted by molar-refractivity contribution is -0.179. The van der Waals surface area contributed by atoms with E-state index in [1.807, 2.05) is 41.3 Å². The van der Waals surface area contributed by atoms with Crippen molar-refractivity contribution in [3.63, 3.8) is 0 Å². The van der Waals surface area contributed by atoms with E-state index in [-0.39, 0.29) is 18.4 Å². The molecule has 0 unspecified atom stereocenters. The lowest BCUT2D eigenvalue weighted by Crippen LogP contribution is -2.52. The Morgan fingerprint density at radius 3 is 2.10 bits per heavy atom. The highest BCUT2D eigenvalue weighted by molar-refractivity contribution is 6.30. The van der Waals surface area contributed by atoms with Crippen molar-refractivity contribution >= 4 is 29.1 Å². The highest BCUT2D eigenvalue weighted by Gasteiger charge is 2.46. The van der Waals surface area contributed by atoms with Crippen LogP contribution in [0.25, 0.3) is 0 Å². The number of rotatable bonds is 7. The lowest BCUT2D eigenvalue weighted by atomic mass is 9.90. The summed E-state index contributed by atoms with van der Waals surface area (Å²) in [5.74, 6) is 0.329. The maximum atomic E-state index is 13.4. The zero-order valence-corrected chi connectivity index (χ0v) is 18.0. The molecule has 0 radical (unpaired) electrons. The molecule has 2 fully saturated rings. The molecule has 2 aromatic rings. The first-order valence-electron chi connectivity index (χ1n) is 10.2. The molecule has 160 valence electrons. The van der Waals surface area contributed by atoms with Gasteiger partial charge in [-0.05, 0) is 54.2 Å². The first-order valence-corrected chi connectivity index (χ1v) is 11.0. The highest BCUT2D eigenvalue weighted by atomic mass is 35.5. The summed E-state index contributed by atoms with van der Waals surface area (Å²) in [7, 11) is 0. The van der Waals surface area contributed by atoms with E-state index < -0.39 is 24.9 Å². The molecule has 5 nitrogen and oxygen atoms in total. The zero-order chi connectivity index (χ0) is 21.3. The summed E-state index contributed by atoms with van der Waals surface area (Å²) in [5, 5.41) is 20.5. The molecule has 30 heavy (non-hydrogen) atoms. The van der Waals surface area contributed by atoms with Crippen molar-refractivity contribution in [3.05, 3.63) is 69.7 Å². The Balaban J connectivity index is 1.75. The van der Waals surface area contributed by atoms with E-state index in [0.717, 1.165) is 24.0 Å². The number of ether oxygens (including phenoxy) is 1. The van der Waals surface area contributed by atoms with Crippen LogP contribution in [0.1, 0.15) is 42.5 Å². The molecule has 2 aliphatic rings. The number of benzene rings is 2. The quantitative estimate of drug-likeness (QED) is 0.665. The average molecular weight is 450 g/mol. The third-order valence-corrected chi connectivity index (χ3v) is 6.25. The van der Waals surface area contributed by atoms with Gasteiger partial charge in [0, 0.05) is 23.0 Å². The molecule has 4 rings (SSSR count). The summed E-state index contributed by atoms with van der Waals surface area (Å²) in [6.45, 7) is 0.229. The van der Waals surface area contributed by atoms with Crippen LogP contribution in [0.5, 0.6) is 0 Å². The SMILES string of the molecule is O=C1[C@@H](C[C@H](O)CO)O[C@H](c2ccc(Cl)cc2)[C@H](c2ccc(Cl)cc2)N1CC1CC1. The van der Waals surface area contributed by atoms with Gasteiger partial charge in [-0.25, -0.2) is 0 Å². The van der Waals surface area contributed by atoms with Crippen LogP contribution in [-0.2, 0) is 9.53 Å². The number of carbonyl (C=O) groups excluding carboxylic acids is 1. The van der Waals surface area contributed by atoms with Crippen LogP contribution in [-0.4, -0.2) is 46.4 Å². The average Bonchev–Trinajstić information content (AvgIpc) is 3.56. The van der Waals surface area contributed by atoms with Crippen LogP contribution in [0.4, 0.5) is 0 Å². The van der Waals surface area contributed by atoms with E-state index in [2.05, 4.69) is 0 Å². The van der Waals surface area contributed by atoms with Gasteiger partial charge in [0.15, 0.2) is 0 Å². The van der Waals surface area contributed by atoms with Crippen LogP contribution >= 0.6 is 23.2 Å². The van der Waals surface area contributed by atoms with E-state index >= 15 is 0 Å². The second kappa shape index (κ2) is 9.25. The molecule has 1 aliphatic heterocycles. The summed E-state index contributed by atoms with van der Waals surface area (Å²) in [4.78, 5) is 15.3. The van der Waals surface area contributed by atoms with Crippen LogP contribution in [0.15, 0.2) is 48.5 Å². The van der Waals surface area contributed by atoms with Gasteiger partial charge in [0.1, 0.15) is 12.2 Å². The number of nitrogens with zero attached hydrogens (tertiary/aromatic N) is 1. The van der Waals surface area contributed by atoms with Crippen molar-refractivity contribution in [2.24, 2.45) is 5.92 Å². The summed E-state index contributed by atoms with van der Waals surface area (Å²) >= 11 is 12.2. The van der Waals surface area contributed by atoms with Crippen molar-refractivity contribution in [1.29, 1.82) is 0 Å². The predicted octanol–water partition coefficient (Wildman–Crippen LogP) is 4.16. The van der Waals surface area contributed by atoms with Gasteiger partial charge in [-0.2, -0.15) is 0 Å². The third-order valence-electron chi connectivity index (χ3n) is 5.75. The fourth-order valence-electron chi connectivity index (χ4n) is 3.98. The van der Waals surface area contributed by atoms with Gasteiger partial charge in [0.2, 0.25) is 0 Å². The number of halogens is 2. The summed E-state index contributed by atoms with van der Waals surface area (Å²) in [5.41, 5.74) is 1.84. The highest BCUT2D eigenvalue weighted by Crippen LogP contribution is 2.45. The second-order valence-electron chi connectivity index (χ2n) is 8.10. The van der Waals surface area contributed by atoms with Crippen molar-refractivity contribution in [1.82, 2.24) is 4.90 Å². The molecule has 1 amide bonds. The van der Waals surface area contributed by atoms with Crippen molar-refractivity contribution in [3.8, 4) is 0 Å². The van der Waals surface area contributed by atoms with Crippen molar-refractivity contribution in [2.75, 3.05) is 13.2 Å². The van der Waals surface area contributed by atoms with Crippen molar-refractivity contribution < 1.29 is 19.7 Å². The minimum atomic E-state index is -1.01. The number of carbonyl (C=O) groups is 1. The van der Waals surface area contributed by atoms with Gasteiger partial charge in [-0.3, -0.25) is 4.79 Å². The number of morpholine rings is 1. The molecule has 1 heterocycles. The van der Waals surface area contributed by atoms with Gasteiger partial charge in [0.25, 0.3) is 5.91 Å². The molecule has 0 aromatic heterocycles. The number of aliphatic hydroxyl groups is 2. The maximum Gasteiger partial charge on any atom is 0.252 e. The Labute approximate surface area is 186 Å². The number of hydrogen-bond donors (Lipinski definition) is 2. The van der Waals surface area contributed by atoms with E-state index in [1.54, 1.807) is 12.1 Å². The second-order valence-corrected chi connectivity index (χ2v) is 8.97. The van der Waals surface area contributed by atoms with Crippen LogP contribution in [0.3, 0.4) is 0 Å². The fraction of sp³-hybridized carbons (Fsp3) is 0.435. The normalized spacial score (nSPS) is 25.4. The molecule has 7 heteroatoms. The zero-order valence-electron chi connectivity index (χ0n) is 16.5. The van der Waals surface area contributed by atoms with Crippen LogP contribution in [0.2, 0.25) is 10.0 Å². The number of aliphatic hydroxyl groups excluding tert-OH is 2. The molecule has 4 atom stereocenters. The Morgan fingerprint density at radius 2 is 1.57 bits per heavy atom. The molecule has 1 aliphatic carbocycles. The van der Waals surface area contributed by atoms with Gasteiger partial charge in [0.05, 0.1) is 18.8 Å². The van der Waals surface area contributed by atoms with Crippen molar-refractivity contribution in [2.45, 2.75) is 43.6 Å². The smallest absolute Gasteiger partial charge is 0.252 e. The Bertz CT molecular complexity index is 870. The van der Waals surface area contributed by atoms with E-state index in [4.69, 9.17) is 27.9 Å². The summed E-state index contributed by atoms with van der Waals surface area (Å²) < 4.78 is 6.29. The first kappa shape index (κ1) is 21.6. The predicted molar refractivity (Wildman–Crippen MR) is 115 cm³/mol. The Kier molecular flexibility index (Phi) is 6.66. The van der Waals surface area contributed by atoms with Gasteiger partial charge < -0.3 is 19.8 Å². The fourth-order valence-corrected chi connectivity index (χ4v) is 4.24. The summed E-state index contributed by atoms with van der Waals surface area (Å²) in [6, 6.07) is 14.6. The van der Waals surface area contributed by atoms with E-state index in [9.17, 15) is 15.0 Å². The molecular formula is C23H25Cl2NO4. The van der Waals surface area contributed by atoms with Crippen LogP contribution in [0, 0.1) is 5.92 Å². The molecule has 0 spiro atoms. The minimum absolute atomic E-state index is 0.0495. The van der Waals surface area contributed by atoms with Gasteiger partial charge in [-0.15, -0.1) is 0 Å². The Morgan fingerprint density at radius 1 is 1.00 bits per heavy atom. The third kappa shape index (κ3) is 4.82. The first-order chi connectivity index (χ1) is 14.5. The monoisotopic (exact) mass is 449 g/mol. The van der Waals surface area contributed by atoms with E-state index in [0.29, 0.717) is 22.5 Å². The Hall–Kier alpha value is -1.63. The standard InChI is InChI=1S/C23H25Cl2NO4/c24-17-7-3-15(4-8-17)21-22(16-5-9-18(25)10-6-16)30-20(11-19(28)13-27)23(29)26(21)12-14-1-2-14/h3-10,14,19-22,27-28H,1-2,11-13H2/t19-,20+,21-,22+/m0/s1. The topological polar surface area (TPSA) is 70.0 Å². The van der Waals surface area contributed by atoms with E-state index in [1.165, 1.54) is 0 Å². The van der Waals surface area contributed by atoms with Gasteiger partial charge in [-0.1, -0.05) is 47.5 Å².